The number of phosphoric acid groups is 1. The summed E-state index contributed by atoms with van der Waals surface area (Å²) in [4.78, 5) is 35.2. The highest BCUT2D eigenvalue weighted by Crippen LogP contribution is 2.43. The zero-order valence-electron chi connectivity index (χ0n) is 45.7. The van der Waals surface area contributed by atoms with Gasteiger partial charge in [0.25, 0.3) is 0 Å². The lowest BCUT2D eigenvalue weighted by atomic mass is 10.0. The number of nitrogens with two attached hydrogens (primary N) is 1. The summed E-state index contributed by atoms with van der Waals surface area (Å²) in [5.74, 6) is -0.829. The first-order valence-electron chi connectivity index (χ1n) is 29.1. The van der Waals surface area contributed by atoms with Crippen molar-refractivity contribution in [3.63, 3.8) is 0 Å². The monoisotopic (exact) mass is 1010 g/mol. The third kappa shape index (κ3) is 56.3. The Hall–Kier alpha value is -2.81. The molecule has 2 atom stereocenters. The summed E-state index contributed by atoms with van der Waals surface area (Å²) in [5, 5.41) is 0. The Morgan fingerprint density at radius 3 is 1.15 bits per heavy atom. The smallest absolute Gasteiger partial charge is 0.462 e. The molecule has 71 heavy (non-hydrogen) atoms. The third-order valence-electron chi connectivity index (χ3n) is 12.3. The topological polar surface area (TPSA) is 134 Å². The van der Waals surface area contributed by atoms with Crippen LogP contribution in [0.3, 0.4) is 0 Å². The number of phosphoric ester groups is 1. The highest BCUT2D eigenvalue weighted by Gasteiger charge is 2.26. The number of allylic oxidation sites excluding steroid dienone is 14. The maximum Gasteiger partial charge on any atom is 0.472 e. The van der Waals surface area contributed by atoms with E-state index in [4.69, 9.17) is 24.3 Å². The van der Waals surface area contributed by atoms with Crippen molar-refractivity contribution in [2.24, 2.45) is 5.73 Å². The molecule has 0 rings (SSSR count). The molecule has 0 aromatic carbocycles. The van der Waals surface area contributed by atoms with Crippen molar-refractivity contribution in [2.45, 2.75) is 264 Å². The van der Waals surface area contributed by atoms with Gasteiger partial charge in [0.2, 0.25) is 0 Å². The number of hydrogen-bond acceptors (Lipinski definition) is 8. The van der Waals surface area contributed by atoms with E-state index in [1.165, 1.54) is 135 Å². The number of carbonyl (C=O) groups excluding carboxylic acids is 2. The van der Waals surface area contributed by atoms with Crippen LogP contribution >= 0.6 is 7.82 Å². The van der Waals surface area contributed by atoms with E-state index in [9.17, 15) is 19.0 Å². The van der Waals surface area contributed by atoms with Crippen molar-refractivity contribution in [2.75, 3.05) is 26.4 Å². The molecule has 0 aromatic rings. The van der Waals surface area contributed by atoms with Gasteiger partial charge >= 0.3 is 19.8 Å². The summed E-state index contributed by atoms with van der Waals surface area (Å²) in [6, 6.07) is 0. The van der Waals surface area contributed by atoms with Gasteiger partial charge in [-0.25, -0.2) is 4.57 Å². The fraction of sp³-hybridized carbons (Fsp3) is 0.738. The summed E-state index contributed by atoms with van der Waals surface area (Å²) in [7, 11) is -4.39. The SMILES string of the molecule is CC/C=C\C/C=C\C/C=C\C/C=C\C/C=C\C/C=C\C/C=C\CCCCCCCCCCCC(=O)OC(COC(=O)CCCCCCCCCCCCCCCCCCCCC)COP(=O)(O)OCCN. The average Bonchev–Trinajstić information content (AvgIpc) is 3.36. The summed E-state index contributed by atoms with van der Waals surface area (Å²) >= 11 is 0. The van der Waals surface area contributed by atoms with E-state index < -0.39 is 26.5 Å². The molecule has 2 unspecified atom stereocenters. The van der Waals surface area contributed by atoms with Crippen LogP contribution in [0.25, 0.3) is 0 Å². The second kappa shape index (κ2) is 56.5. The van der Waals surface area contributed by atoms with Crippen molar-refractivity contribution in [1.82, 2.24) is 0 Å². The minimum absolute atomic E-state index is 0.0501. The zero-order chi connectivity index (χ0) is 51.7. The molecule has 0 heterocycles. The molecule has 0 amide bonds. The lowest BCUT2D eigenvalue weighted by molar-refractivity contribution is -0.161. The van der Waals surface area contributed by atoms with E-state index in [0.717, 1.165) is 89.9 Å². The molecule has 0 aromatic heterocycles. The number of ether oxygens (including phenoxy) is 2. The fourth-order valence-electron chi connectivity index (χ4n) is 8.03. The van der Waals surface area contributed by atoms with Crippen molar-refractivity contribution in [3.05, 3.63) is 85.1 Å². The highest BCUT2D eigenvalue weighted by molar-refractivity contribution is 7.47. The Balaban J connectivity index is 4.00. The van der Waals surface area contributed by atoms with Crippen LogP contribution < -0.4 is 5.73 Å². The lowest BCUT2D eigenvalue weighted by Crippen LogP contribution is -2.29. The third-order valence-corrected chi connectivity index (χ3v) is 13.3. The highest BCUT2D eigenvalue weighted by atomic mass is 31.2. The van der Waals surface area contributed by atoms with Gasteiger partial charge in [0.15, 0.2) is 6.10 Å². The van der Waals surface area contributed by atoms with Crippen LogP contribution in [0.15, 0.2) is 85.1 Å². The van der Waals surface area contributed by atoms with Crippen LogP contribution in [0.5, 0.6) is 0 Å². The van der Waals surface area contributed by atoms with Gasteiger partial charge in [-0.05, 0) is 70.6 Å². The van der Waals surface area contributed by atoms with E-state index in [-0.39, 0.29) is 38.6 Å². The van der Waals surface area contributed by atoms with E-state index in [1.54, 1.807) is 0 Å². The molecule has 0 saturated heterocycles. The van der Waals surface area contributed by atoms with E-state index >= 15 is 0 Å². The Morgan fingerprint density at radius 1 is 0.437 bits per heavy atom. The molecule has 0 spiro atoms. The van der Waals surface area contributed by atoms with E-state index in [1.807, 2.05) is 0 Å². The van der Waals surface area contributed by atoms with Gasteiger partial charge in [-0.15, -0.1) is 0 Å². The molecule has 9 nitrogen and oxygen atoms in total. The molecule has 0 radical (unpaired) electrons. The quantitative estimate of drug-likeness (QED) is 0.0264. The van der Waals surface area contributed by atoms with Gasteiger partial charge in [0.05, 0.1) is 13.2 Å². The van der Waals surface area contributed by atoms with Gasteiger partial charge in [0.1, 0.15) is 6.61 Å². The standard InChI is InChI=1S/C61H108NO8P/c1-3-5-7-9-11-13-15-17-19-21-23-24-25-26-27-28-29-30-31-32-33-34-36-38-40-42-44-46-48-50-52-54-61(64)70-59(58-69-71(65,66)68-56-55-62)57-67-60(63)53-51-49-47-45-43-41-39-37-35-22-20-18-16-14-12-10-8-6-4-2/h5,7,11,13,17,19,23-24,26-27,29-30,32-33,59H,3-4,6,8-10,12,14-16,18,20-22,25,28,31,34-58,62H2,1-2H3,(H,65,66)/b7-5-,13-11-,19-17-,24-23-,27-26-,30-29-,33-32-. The Labute approximate surface area is 436 Å². The van der Waals surface area contributed by atoms with Crippen molar-refractivity contribution in [1.29, 1.82) is 0 Å². The predicted molar refractivity (Wildman–Crippen MR) is 302 cm³/mol. The normalized spacial score (nSPS) is 13.7. The fourth-order valence-corrected chi connectivity index (χ4v) is 8.79. The second-order valence-corrected chi connectivity index (χ2v) is 20.6. The van der Waals surface area contributed by atoms with E-state index in [2.05, 4.69) is 98.9 Å². The van der Waals surface area contributed by atoms with Gasteiger partial charge in [-0.2, -0.15) is 0 Å². The van der Waals surface area contributed by atoms with Crippen LogP contribution in [-0.4, -0.2) is 49.3 Å². The molecular formula is C61H108NO8P. The molecule has 410 valence electrons. The second-order valence-electron chi connectivity index (χ2n) is 19.1. The van der Waals surface area contributed by atoms with Crippen molar-refractivity contribution in [3.8, 4) is 0 Å². The molecule has 3 N–H and O–H groups in total. The Bertz CT molecular complexity index is 1440. The maximum absolute atomic E-state index is 12.7. The minimum atomic E-state index is -4.39. The Kier molecular flexibility index (Phi) is 54.2. The Morgan fingerprint density at radius 2 is 0.775 bits per heavy atom. The van der Waals surface area contributed by atoms with Gasteiger partial charge < -0.3 is 20.1 Å². The molecular weight excluding hydrogens is 906 g/mol. The number of hydrogen-bond donors (Lipinski definition) is 2. The molecule has 0 fully saturated rings. The van der Waals surface area contributed by atoms with Crippen LogP contribution in [0.1, 0.15) is 258 Å². The zero-order valence-corrected chi connectivity index (χ0v) is 46.6. The number of esters is 2. The van der Waals surface area contributed by atoms with Gasteiger partial charge in [0, 0.05) is 19.4 Å². The first-order chi connectivity index (χ1) is 34.8. The van der Waals surface area contributed by atoms with E-state index in [0.29, 0.717) is 6.42 Å². The predicted octanol–water partition coefficient (Wildman–Crippen LogP) is 18.3. The largest absolute Gasteiger partial charge is 0.472 e. The first kappa shape index (κ1) is 68.2. The van der Waals surface area contributed by atoms with Crippen molar-refractivity contribution < 1.29 is 37.6 Å². The molecule has 0 bridgehead atoms. The number of unbranched alkanes of at least 4 members (excludes halogenated alkanes) is 27. The molecule has 0 aliphatic heterocycles. The molecule has 10 heteroatoms. The first-order valence-corrected chi connectivity index (χ1v) is 30.6. The van der Waals surface area contributed by atoms with Gasteiger partial charge in [-0.1, -0.05) is 259 Å². The number of carbonyl (C=O) groups is 2. The van der Waals surface area contributed by atoms with Crippen LogP contribution in [-0.2, 0) is 32.7 Å². The van der Waals surface area contributed by atoms with Crippen molar-refractivity contribution >= 4 is 19.8 Å². The maximum atomic E-state index is 12.7. The minimum Gasteiger partial charge on any atom is -0.462 e. The summed E-state index contributed by atoms with van der Waals surface area (Å²) in [5.41, 5.74) is 5.38. The van der Waals surface area contributed by atoms with Gasteiger partial charge in [-0.3, -0.25) is 18.6 Å². The summed E-state index contributed by atoms with van der Waals surface area (Å²) in [6.07, 6.45) is 73.5. The summed E-state index contributed by atoms with van der Waals surface area (Å²) in [6.45, 7) is 3.65. The lowest BCUT2D eigenvalue weighted by Gasteiger charge is -2.19. The average molecular weight is 1010 g/mol. The molecule has 0 saturated carbocycles. The molecule has 0 aliphatic carbocycles. The molecule has 0 aliphatic rings. The van der Waals surface area contributed by atoms with Crippen LogP contribution in [0, 0.1) is 0 Å². The summed E-state index contributed by atoms with van der Waals surface area (Å²) < 4.78 is 33.0. The number of rotatable bonds is 54. The van der Waals surface area contributed by atoms with Crippen LogP contribution in [0.2, 0.25) is 0 Å². The van der Waals surface area contributed by atoms with Crippen LogP contribution in [0.4, 0.5) is 0 Å².